The monoisotopic (exact) mass is 291 g/mol. The summed E-state index contributed by atoms with van der Waals surface area (Å²) >= 11 is 0. The van der Waals surface area contributed by atoms with E-state index in [1.165, 1.54) is 11.1 Å². The summed E-state index contributed by atoms with van der Waals surface area (Å²) in [5.74, 6) is 0. The second-order valence-electron chi connectivity index (χ2n) is 4.91. The molecule has 0 aliphatic carbocycles. The van der Waals surface area contributed by atoms with Gasteiger partial charge >= 0.3 is 0 Å². The summed E-state index contributed by atoms with van der Waals surface area (Å²) in [6.45, 7) is 2.41. The molecule has 2 nitrogen and oxygen atoms in total. The lowest BCUT2D eigenvalue weighted by molar-refractivity contribution is 0.186. The lowest BCUT2D eigenvalue weighted by atomic mass is 9.99. The van der Waals surface area contributed by atoms with Gasteiger partial charge in [0.2, 0.25) is 0 Å². The zero-order valence-corrected chi connectivity index (χ0v) is 12.5. The van der Waals surface area contributed by atoms with E-state index in [4.69, 9.17) is 0 Å². The van der Waals surface area contributed by atoms with Gasteiger partial charge in [0, 0.05) is 12.6 Å². The average molecular weight is 292 g/mol. The molecule has 0 aromatic heterocycles. The standard InChI is InChI=1S/C17H21NO.ClH/c1-14(19)13-18-17(16-10-6-3-7-11-16)12-15-8-4-2-5-9-15;/h2-11,14,17-19H,12-13H2,1H3;1H. The molecule has 0 saturated carbocycles. The minimum absolute atomic E-state index is 0. The fourth-order valence-electron chi connectivity index (χ4n) is 2.16. The summed E-state index contributed by atoms with van der Waals surface area (Å²) in [6.07, 6.45) is 0.597. The maximum atomic E-state index is 9.45. The van der Waals surface area contributed by atoms with Gasteiger partial charge in [-0.1, -0.05) is 60.7 Å². The normalized spacial score (nSPS) is 13.3. The Morgan fingerprint density at radius 2 is 1.50 bits per heavy atom. The van der Waals surface area contributed by atoms with Crippen LogP contribution < -0.4 is 5.32 Å². The van der Waals surface area contributed by atoms with Crippen molar-refractivity contribution in [3.8, 4) is 0 Å². The third-order valence-corrected chi connectivity index (χ3v) is 3.14. The molecule has 20 heavy (non-hydrogen) atoms. The van der Waals surface area contributed by atoms with Crippen molar-refractivity contribution < 1.29 is 5.11 Å². The van der Waals surface area contributed by atoms with Gasteiger partial charge in [0.05, 0.1) is 6.10 Å². The summed E-state index contributed by atoms with van der Waals surface area (Å²) in [5, 5.41) is 12.9. The number of benzene rings is 2. The Hall–Kier alpha value is -1.35. The molecule has 0 amide bonds. The van der Waals surface area contributed by atoms with Crippen molar-refractivity contribution in [1.29, 1.82) is 0 Å². The van der Waals surface area contributed by atoms with Crippen molar-refractivity contribution in [2.45, 2.75) is 25.5 Å². The molecular weight excluding hydrogens is 270 g/mol. The van der Waals surface area contributed by atoms with Crippen LogP contribution in [-0.2, 0) is 6.42 Å². The highest BCUT2D eigenvalue weighted by molar-refractivity contribution is 5.85. The molecule has 2 N–H and O–H groups in total. The molecular formula is C17H22ClNO. The molecule has 0 heterocycles. The summed E-state index contributed by atoms with van der Waals surface area (Å²) in [4.78, 5) is 0. The lowest BCUT2D eigenvalue weighted by Gasteiger charge is -2.20. The largest absolute Gasteiger partial charge is 0.392 e. The zero-order chi connectivity index (χ0) is 13.5. The van der Waals surface area contributed by atoms with Crippen molar-refractivity contribution >= 4 is 12.4 Å². The maximum Gasteiger partial charge on any atom is 0.0636 e. The molecule has 2 atom stereocenters. The molecule has 0 aliphatic rings. The third kappa shape index (κ3) is 5.33. The van der Waals surface area contributed by atoms with Crippen LogP contribution in [0.25, 0.3) is 0 Å². The molecule has 0 bridgehead atoms. The van der Waals surface area contributed by atoms with E-state index in [1.807, 2.05) is 12.1 Å². The van der Waals surface area contributed by atoms with Crippen molar-refractivity contribution in [3.63, 3.8) is 0 Å². The Morgan fingerprint density at radius 3 is 2.05 bits per heavy atom. The first-order valence-electron chi connectivity index (χ1n) is 6.76. The van der Waals surface area contributed by atoms with Gasteiger partial charge in [0.1, 0.15) is 0 Å². The van der Waals surface area contributed by atoms with Gasteiger partial charge in [-0.15, -0.1) is 12.4 Å². The summed E-state index contributed by atoms with van der Waals surface area (Å²) in [6, 6.07) is 21.1. The molecule has 2 unspecified atom stereocenters. The fourth-order valence-corrected chi connectivity index (χ4v) is 2.16. The van der Waals surface area contributed by atoms with Crippen molar-refractivity contribution in [2.24, 2.45) is 0 Å². The van der Waals surface area contributed by atoms with E-state index in [9.17, 15) is 5.11 Å². The molecule has 3 heteroatoms. The highest BCUT2D eigenvalue weighted by atomic mass is 35.5. The number of nitrogens with one attached hydrogen (secondary N) is 1. The second kappa shape index (κ2) is 8.75. The zero-order valence-electron chi connectivity index (χ0n) is 11.7. The van der Waals surface area contributed by atoms with Gasteiger partial charge in [-0.05, 0) is 24.5 Å². The van der Waals surface area contributed by atoms with E-state index in [2.05, 4.69) is 53.8 Å². The van der Waals surface area contributed by atoms with Crippen LogP contribution in [0.5, 0.6) is 0 Å². The fraction of sp³-hybridized carbons (Fsp3) is 0.294. The Morgan fingerprint density at radius 1 is 0.950 bits per heavy atom. The predicted octanol–water partition coefficient (Wildman–Crippen LogP) is 3.36. The SMILES string of the molecule is CC(O)CNC(Cc1ccccc1)c1ccccc1.Cl. The van der Waals surface area contributed by atoms with Crippen LogP contribution in [0.2, 0.25) is 0 Å². The predicted molar refractivity (Wildman–Crippen MR) is 86.3 cm³/mol. The quantitative estimate of drug-likeness (QED) is 0.855. The topological polar surface area (TPSA) is 32.3 Å². The first kappa shape index (κ1) is 16.7. The second-order valence-corrected chi connectivity index (χ2v) is 4.91. The molecule has 0 fully saturated rings. The first-order chi connectivity index (χ1) is 9.25. The number of rotatable bonds is 6. The van der Waals surface area contributed by atoms with Crippen LogP contribution in [0.3, 0.4) is 0 Å². The number of aliphatic hydroxyl groups excluding tert-OH is 1. The first-order valence-corrected chi connectivity index (χ1v) is 6.76. The van der Waals surface area contributed by atoms with Gasteiger partial charge in [0.15, 0.2) is 0 Å². The smallest absolute Gasteiger partial charge is 0.0636 e. The summed E-state index contributed by atoms with van der Waals surface area (Å²) < 4.78 is 0. The van der Waals surface area contributed by atoms with Crippen molar-refractivity contribution in [2.75, 3.05) is 6.54 Å². The number of hydrogen-bond acceptors (Lipinski definition) is 2. The molecule has 2 aromatic carbocycles. The Bertz CT molecular complexity index is 473. The molecule has 0 spiro atoms. The van der Waals surface area contributed by atoms with Crippen LogP contribution in [-0.4, -0.2) is 17.8 Å². The van der Waals surface area contributed by atoms with E-state index in [0.29, 0.717) is 6.54 Å². The van der Waals surface area contributed by atoms with E-state index in [0.717, 1.165) is 6.42 Å². The van der Waals surface area contributed by atoms with Crippen LogP contribution >= 0.6 is 12.4 Å². The number of halogens is 1. The Kier molecular flexibility index (Phi) is 7.31. The molecule has 108 valence electrons. The van der Waals surface area contributed by atoms with Gasteiger partial charge in [-0.3, -0.25) is 0 Å². The molecule has 2 aromatic rings. The number of aliphatic hydroxyl groups is 1. The van der Waals surface area contributed by atoms with Crippen LogP contribution in [0.4, 0.5) is 0 Å². The average Bonchev–Trinajstić information content (AvgIpc) is 2.45. The molecule has 2 rings (SSSR count). The maximum absolute atomic E-state index is 9.45. The third-order valence-electron chi connectivity index (χ3n) is 3.14. The van der Waals surface area contributed by atoms with Gasteiger partial charge < -0.3 is 10.4 Å². The van der Waals surface area contributed by atoms with Crippen molar-refractivity contribution in [3.05, 3.63) is 71.8 Å². The van der Waals surface area contributed by atoms with Crippen LogP contribution in [0.1, 0.15) is 24.1 Å². The van der Waals surface area contributed by atoms with Crippen LogP contribution in [0, 0.1) is 0 Å². The number of hydrogen-bond donors (Lipinski definition) is 2. The van der Waals surface area contributed by atoms with E-state index < -0.39 is 0 Å². The minimum Gasteiger partial charge on any atom is -0.392 e. The highest BCUT2D eigenvalue weighted by Crippen LogP contribution is 2.18. The summed E-state index contributed by atoms with van der Waals surface area (Å²) in [7, 11) is 0. The van der Waals surface area contributed by atoms with Gasteiger partial charge in [-0.2, -0.15) is 0 Å². The van der Waals surface area contributed by atoms with E-state index in [1.54, 1.807) is 6.92 Å². The minimum atomic E-state index is -0.331. The molecule has 0 radical (unpaired) electrons. The lowest BCUT2D eigenvalue weighted by Crippen LogP contribution is -2.30. The van der Waals surface area contributed by atoms with E-state index >= 15 is 0 Å². The van der Waals surface area contributed by atoms with Gasteiger partial charge in [-0.25, -0.2) is 0 Å². The molecule has 0 aliphatic heterocycles. The molecule has 0 saturated heterocycles. The Labute approximate surface area is 127 Å². The van der Waals surface area contributed by atoms with E-state index in [-0.39, 0.29) is 24.6 Å². The van der Waals surface area contributed by atoms with Crippen molar-refractivity contribution in [1.82, 2.24) is 5.32 Å². The van der Waals surface area contributed by atoms with Crippen LogP contribution in [0.15, 0.2) is 60.7 Å². The highest BCUT2D eigenvalue weighted by Gasteiger charge is 2.12. The van der Waals surface area contributed by atoms with Gasteiger partial charge in [0.25, 0.3) is 0 Å². The Balaban J connectivity index is 0.00000200. The summed E-state index contributed by atoms with van der Waals surface area (Å²) in [5.41, 5.74) is 2.56.